The Balaban J connectivity index is 0.00000176. The summed E-state index contributed by atoms with van der Waals surface area (Å²) in [5.74, 6) is 0.449. The van der Waals surface area contributed by atoms with Crippen LogP contribution in [-0.4, -0.2) is 37.6 Å². The van der Waals surface area contributed by atoms with E-state index in [0.29, 0.717) is 31.1 Å². The minimum absolute atomic E-state index is 0. The molecule has 1 aromatic carbocycles. The normalized spacial score (nSPS) is 18.4. The smallest absolute Gasteiger partial charge is 0.321 e. The molecule has 0 bridgehead atoms. The van der Waals surface area contributed by atoms with Crippen molar-refractivity contribution in [2.24, 2.45) is 11.7 Å². The van der Waals surface area contributed by atoms with Gasteiger partial charge in [-0.15, -0.1) is 12.4 Å². The lowest BCUT2D eigenvalue weighted by molar-refractivity contribution is 0.0950. The Hall–Kier alpha value is -1.79. The van der Waals surface area contributed by atoms with Crippen LogP contribution in [0.5, 0.6) is 0 Å². The van der Waals surface area contributed by atoms with Gasteiger partial charge in [-0.1, -0.05) is 0 Å². The van der Waals surface area contributed by atoms with Gasteiger partial charge in [-0.05, 0) is 43.0 Å². The van der Waals surface area contributed by atoms with Crippen LogP contribution in [0.2, 0.25) is 0 Å². The van der Waals surface area contributed by atoms with Gasteiger partial charge in [0, 0.05) is 36.9 Å². The monoisotopic (exact) mass is 324 g/mol. The predicted molar refractivity (Wildman–Crippen MR) is 87.5 cm³/mol. The largest absolute Gasteiger partial charge is 0.350 e. The van der Waals surface area contributed by atoms with Crippen molar-refractivity contribution in [1.29, 1.82) is 0 Å². The Morgan fingerprint density at radius 2 is 2.05 bits per heavy atom. The zero-order valence-corrected chi connectivity index (χ0v) is 13.1. The second-order valence-electron chi connectivity index (χ2n) is 5.64. The third-order valence-electron chi connectivity index (χ3n) is 4.02. The van der Waals surface area contributed by atoms with Crippen LogP contribution in [0.3, 0.4) is 0 Å². The van der Waals surface area contributed by atoms with E-state index in [9.17, 15) is 9.59 Å². The predicted octanol–water partition coefficient (Wildman–Crippen LogP) is 1.11. The highest BCUT2D eigenvalue weighted by Crippen LogP contribution is 2.31. The first-order valence-corrected chi connectivity index (χ1v) is 7.34. The maximum atomic E-state index is 12.0. The molecule has 1 saturated carbocycles. The van der Waals surface area contributed by atoms with Crippen LogP contribution < -0.4 is 21.3 Å². The molecule has 0 aromatic heterocycles. The SMILES string of the molecule is Cl.NC(CNC(=O)c1ccc(N2CCNC2=O)cc1)C1CC1. The Labute approximate surface area is 135 Å². The first-order chi connectivity index (χ1) is 10.1. The molecule has 22 heavy (non-hydrogen) atoms. The molecule has 0 spiro atoms. The van der Waals surface area contributed by atoms with Gasteiger partial charge in [-0.2, -0.15) is 0 Å². The number of hydrogen-bond donors (Lipinski definition) is 3. The maximum absolute atomic E-state index is 12.0. The molecule has 1 aromatic rings. The minimum atomic E-state index is -0.122. The average molecular weight is 325 g/mol. The summed E-state index contributed by atoms with van der Waals surface area (Å²) in [5, 5.41) is 5.61. The fraction of sp³-hybridized carbons (Fsp3) is 0.467. The molecule has 120 valence electrons. The minimum Gasteiger partial charge on any atom is -0.350 e. The Morgan fingerprint density at radius 3 is 2.59 bits per heavy atom. The molecule has 1 atom stereocenters. The van der Waals surface area contributed by atoms with Gasteiger partial charge >= 0.3 is 6.03 Å². The number of urea groups is 1. The number of rotatable bonds is 5. The molecule has 1 aliphatic heterocycles. The molecule has 7 heteroatoms. The number of carbonyl (C=O) groups excluding carboxylic acids is 2. The van der Waals surface area contributed by atoms with E-state index >= 15 is 0 Å². The van der Waals surface area contributed by atoms with Gasteiger partial charge in [0.15, 0.2) is 0 Å². The lowest BCUT2D eigenvalue weighted by Crippen LogP contribution is -2.38. The number of nitrogens with zero attached hydrogens (tertiary/aromatic N) is 1. The van der Waals surface area contributed by atoms with Crippen molar-refractivity contribution in [3.63, 3.8) is 0 Å². The Bertz CT molecular complexity index is 545. The number of nitrogens with two attached hydrogens (primary N) is 1. The third kappa shape index (κ3) is 3.69. The van der Waals surface area contributed by atoms with E-state index in [1.165, 1.54) is 12.8 Å². The summed E-state index contributed by atoms with van der Waals surface area (Å²) >= 11 is 0. The molecule has 6 nitrogen and oxygen atoms in total. The first kappa shape index (κ1) is 16.6. The summed E-state index contributed by atoms with van der Waals surface area (Å²) in [5.41, 5.74) is 7.35. The van der Waals surface area contributed by atoms with Crippen LogP contribution in [-0.2, 0) is 0 Å². The number of halogens is 1. The molecule has 3 amide bonds. The number of benzene rings is 1. The standard InChI is InChI=1S/C15H20N4O2.ClH/c16-13(10-1-2-10)9-18-14(20)11-3-5-12(6-4-11)19-8-7-17-15(19)21;/h3-6,10,13H,1-2,7-9,16H2,(H,17,21)(H,18,20);1H. The number of hydrogen-bond acceptors (Lipinski definition) is 3. The van der Waals surface area contributed by atoms with Gasteiger partial charge < -0.3 is 16.4 Å². The summed E-state index contributed by atoms with van der Waals surface area (Å²) in [6.07, 6.45) is 2.34. The summed E-state index contributed by atoms with van der Waals surface area (Å²) in [4.78, 5) is 25.2. The number of nitrogens with one attached hydrogen (secondary N) is 2. The number of amides is 3. The number of carbonyl (C=O) groups is 2. The average Bonchev–Trinajstić information content (AvgIpc) is 3.27. The Morgan fingerprint density at radius 1 is 1.36 bits per heavy atom. The quantitative estimate of drug-likeness (QED) is 0.758. The topological polar surface area (TPSA) is 87.5 Å². The zero-order valence-electron chi connectivity index (χ0n) is 12.2. The van der Waals surface area contributed by atoms with E-state index in [0.717, 1.165) is 5.69 Å². The molecular weight excluding hydrogens is 304 g/mol. The van der Waals surface area contributed by atoms with Gasteiger partial charge in [-0.3, -0.25) is 9.69 Å². The fourth-order valence-electron chi connectivity index (χ4n) is 2.51. The highest BCUT2D eigenvalue weighted by Gasteiger charge is 2.28. The van der Waals surface area contributed by atoms with E-state index in [-0.39, 0.29) is 30.4 Å². The molecule has 0 radical (unpaired) electrons. The second-order valence-corrected chi connectivity index (χ2v) is 5.64. The summed E-state index contributed by atoms with van der Waals surface area (Å²) in [7, 11) is 0. The molecule has 2 fully saturated rings. The van der Waals surface area contributed by atoms with E-state index < -0.39 is 0 Å². The molecule has 3 rings (SSSR count). The van der Waals surface area contributed by atoms with Crippen LogP contribution in [0, 0.1) is 5.92 Å². The van der Waals surface area contributed by atoms with E-state index in [2.05, 4.69) is 10.6 Å². The van der Waals surface area contributed by atoms with Crippen molar-refractivity contribution in [3.8, 4) is 0 Å². The second kappa shape index (κ2) is 6.98. The molecule has 1 saturated heterocycles. The lowest BCUT2D eigenvalue weighted by Gasteiger charge is -2.15. The third-order valence-corrected chi connectivity index (χ3v) is 4.02. The first-order valence-electron chi connectivity index (χ1n) is 7.34. The molecule has 1 heterocycles. The van der Waals surface area contributed by atoms with Crippen molar-refractivity contribution < 1.29 is 9.59 Å². The fourth-order valence-corrected chi connectivity index (χ4v) is 2.51. The van der Waals surface area contributed by atoms with Crippen LogP contribution in [0.4, 0.5) is 10.5 Å². The van der Waals surface area contributed by atoms with Gasteiger partial charge in [0.2, 0.25) is 0 Å². The van der Waals surface area contributed by atoms with Crippen molar-refractivity contribution >= 4 is 30.0 Å². The van der Waals surface area contributed by atoms with Gasteiger partial charge in [0.05, 0.1) is 0 Å². The summed E-state index contributed by atoms with van der Waals surface area (Å²) < 4.78 is 0. The van der Waals surface area contributed by atoms with Crippen LogP contribution in [0.15, 0.2) is 24.3 Å². The number of anilines is 1. The van der Waals surface area contributed by atoms with Crippen molar-refractivity contribution in [2.45, 2.75) is 18.9 Å². The van der Waals surface area contributed by atoms with Gasteiger partial charge in [-0.25, -0.2) is 4.79 Å². The molecule has 2 aliphatic rings. The van der Waals surface area contributed by atoms with Gasteiger partial charge in [0.25, 0.3) is 5.91 Å². The maximum Gasteiger partial charge on any atom is 0.321 e. The summed E-state index contributed by atoms with van der Waals surface area (Å²) in [6.45, 7) is 1.82. The van der Waals surface area contributed by atoms with E-state index in [4.69, 9.17) is 5.73 Å². The molecule has 1 aliphatic carbocycles. The Kier molecular flexibility index (Phi) is 5.26. The van der Waals surface area contributed by atoms with Crippen LogP contribution >= 0.6 is 12.4 Å². The van der Waals surface area contributed by atoms with Crippen molar-refractivity contribution in [1.82, 2.24) is 10.6 Å². The van der Waals surface area contributed by atoms with Crippen LogP contribution in [0.25, 0.3) is 0 Å². The molecule has 1 unspecified atom stereocenters. The zero-order chi connectivity index (χ0) is 14.8. The van der Waals surface area contributed by atoms with Gasteiger partial charge in [0.1, 0.15) is 0 Å². The van der Waals surface area contributed by atoms with Crippen molar-refractivity contribution in [2.75, 3.05) is 24.5 Å². The van der Waals surface area contributed by atoms with E-state index in [1.807, 2.05) is 0 Å². The lowest BCUT2D eigenvalue weighted by atomic mass is 10.1. The molecule has 4 N–H and O–H groups in total. The molecular formula is C15H21ClN4O2. The van der Waals surface area contributed by atoms with Crippen LogP contribution in [0.1, 0.15) is 23.2 Å². The highest BCUT2D eigenvalue weighted by atomic mass is 35.5. The van der Waals surface area contributed by atoms with Crippen molar-refractivity contribution in [3.05, 3.63) is 29.8 Å². The van der Waals surface area contributed by atoms with E-state index in [1.54, 1.807) is 29.2 Å². The highest BCUT2D eigenvalue weighted by molar-refractivity contribution is 5.97. The summed E-state index contributed by atoms with van der Waals surface area (Å²) in [6, 6.07) is 7.02.